The zero-order chi connectivity index (χ0) is 15.3. The first-order valence-corrected chi connectivity index (χ1v) is 8.73. The quantitative estimate of drug-likeness (QED) is 0.866. The first-order valence-electron chi connectivity index (χ1n) is 8.73. The number of carbonyl (C=O) groups excluding carboxylic acids is 1. The zero-order valence-corrected chi connectivity index (χ0v) is 13.4. The molecule has 3 nitrogen and oxygen atoms in total. The fourth-order valence-corrected chi connectivity index (χ4v) is 5.09. The molecule has 1 aromatic carbocycles. The van der Waals surface area contributed by atoms with E-state index in [-0.39, 0.29) is 5.41 Å². The number of nitrogens with zero attached hydrogens (tertiary/aromatic N) is 1. The summed E-state index contributed by atoms with van der Waals surface area (Å²) in [5, 5.41) is 0. The predicted octanol–water partition coefficient (Wildman–Crippen LogP) is 2.48. The van der Waals surface area contributed by atoms with E-state index in [9.17, 15) is 4.79 Å². The highest BCUT2D eigenvalue weighted by Crippen LogP contribution is 2.42. The van der Waals surface area contributed by atoms with Crippen LogP contribution in [0.2, 0.25) is 0 Å². The summed E-state index contributed by atoms with van der Waals surface area (Å²) in [6.45, 7) is 3.96. The minimum atomic E-state index is -0.336. The van der Waals surface area contributed by atoms with Gasteiger partial charge in [0, 0.05) is 19.1 Å². The van der Waals surface area contributed by atoms with Crippen LogP contribution in [-0.2, 0) is 16.6 Å². The van der Waals surface area contributed by atoms with Gasteiger partial charge in [0.15, 0.2) is 0 Å². The maximum absolute atomic E-state index is 13.3. The smallest absolute Gasteiger partial charge is 0.232 e. The van der Waals surface area contributed by atoms with Gasteiger partial charge in [-0.3, -0.25) is 4.79 Å². The van der Waals surface area contributed by atoms with Crippen molar-refractivity contribution in [2.45, 2.75) is 50.5 Å². The summed E-state index contributed by atoms with van der Waals surface area (Å²) in [6.07, 6.45) is 5.52. The minimum Gasteiger partial charge on any atom is -0.341 e. The Kier molecular flexibility index (Phi) is 3.30. The fourth-order valence-electron chi connectivity index (χ4n) is 5.09. The van der Waals surface area contributed by atoms with E-state index >= 15 is 0 Å². The minimum absolute atomic E-state index is 0.300. The van der Waals surface area contributed by atoms with Gasteiger partial charge in [-0.2, -0.15) is 0 Å². The van der Waals surface area contributed by atoms with E-state index in [1.165, 1.54) is 17.5 Å². The lowest BCUT2D eigenvalue weighted by molar-refractivity contribution is -0.136. The number of hydrogen-bond acceptors (Lipinski definition) is 2. The molecule has 3 heteroatoms. The summed E-state index contributed by atoms with van der Waals surface area (Å²) < 4.78 is 0. The summed E-state index contributed by atoms with van der Waals surface area (Å²) in [5.74, 6) is 1.51. The molecular weight excluding hydrogens is 272 g/mol. The summed E-state index contributed by atoms with van der Waals surface area (Å²) in [6, 6.07) is 8.82. The van der Waals surface area contributed by atoms with Crippen molar-refractivity contribution in [3.05, 3.63) is 35.4 Å². The number of benzene rings is 1. The highest BCUT2D eigenvalue weighted by atomic mass is 16.2. The Bertz CT molecular complexity index is 599. The molecule has 22 heavy (non-hydrogen) atoms. The molecule has 118 valence electrons. The lowest BCUT2D eigenvalue weighted by Gasteiger charge is -2.38. The van der Waals surface area contributed by atoms with Crippen LogP contribution in [-0.4, -0.2) is 29.9 Å². The van der Waals surface area contributed by atoms with Crippen LogP contribution in [0.5, 0.6) is 0 Å². The average molecular weight is 298 g/mol. The van der Waals surface area contributed by atoms with Gasteiger partial charge in [-0.15, -0.1) is 0 Å². The molecule has 2 fully saturated rings. The van der Waals surface area contributed by atoms with E-state index in [0.29, 0.717) is 23.8 Å². The second-order valence-electron chi connectivity index (χ2n) is 7.72. The third-order valence-corrected chi connectivity index (χ3v) is 6.41. The van der Waals surface area contributed by atoms with Crippen LogP contribution >= 0.6 is 0 Å². The van der Waals surface area contributed by atoms with Gasteiger partial charge in [0.05, 0.1) is 5.41 Å². The highest BCUT2D eigenvalue weighted by Gasteiger charge is 2.47. The van der Waals surface area contributed by atoms with Gasteiger partial charge in [-0.25, -0.2) is 0 Å². The standard InChI is InChI=1S/C19H26N2O/c1-19(10-4-6-13-5-2-3-7-16(13)19)18(22)21-11-14-8-9-17(20)15(14)12-21/h2-3,5,7,14-15,17H,4,6,8-12,20H2,1H3. The molecule has 3 aliphatic rings. The van der Waals surface area contributed by atoms with Gasteiger partial charge >= 0.3 is 0 Å². The molecule has 1 saturated heterocycles. The molecule has 0 spiro atoms. The van der Waals surface area contributed by atoms with Crippen LogP contribution in [0.25, 0.3) is 0 Å². The van der Waals surface area contributed by atoms with Crippen molar-refractivity contribution >= 4 is 5.91 Å². The molecule has 4 rings (SSSR count). The first kappa shape index (κ1) is 14.3. The van der Waals surface area contributed by atoms with E-state index in [2.05, 4.69) is 36.1 Å². The third-order valence-electron chi connectivity index (χ3n) is 6.41. The van der Waals surface area contributed by atoms with Crippen molar-refractivity contribution in [2.75, 3.05) is 13.1 Å². The van der Waals surface area contributed by atoms with Crippen LogP contribution in [0.1, 0.15) is 43.7 Å². The maximum Gasteiger partial charge on any atom is 0.232 e. The fraction of sp³-hybridized carbons (Fsp3) is 0.632. The van der Waals surface area contributed by atoms with E-state index in [0.717, 1.165) is 38.8 Å². The van der Waals surface area contributed by atoms with Crippen molar-refractivity contribution in [2.24, 2.45) is 17.6 Å². The Morgan fingerprint density at radius 1 is 1.27 bits per heavy atom. The second kappa shape index (κ2) is 5.09. The van der Waals surface area contributed by atoms with Gasteiger partial charge < -0.3 is 10.6 Å². The average Bonchev–Trinajstić information content (AvgIpc) is 3.09. The van der Waals surface area contributed by atoms with Gasteiger partial charge in [0.1, 0.15) is 0 Å². The summed E-state index contributed by atoms with van der Waals surface area (Å²) in [7, 11) is 0. The molecule has 0 radical (unpaired) electrons. The number of nitrogens with two attached hydrogens (primary N) is 1. The molecule has 1 saturated carbocycles. The number of likely N-dealkylation sites (tertiary alicyclic amines) is 1. The Labute approximate surface area is 132 Å². The largest absolute Gasteiger partial charge is 0.341 e. The van der Waals surface area contributed by atoms with E-state index in [1.54, 1.807) is 0 Å². The Morgan fingerprint density at radius 3 is 2.91 bits per heavy atom. The lowest BCUT2D eigenvalue weighted by atomic mass is 9.70. The van der Waals surface area contributed by atoms with Gasteiger partial charge in [0.25, 0.3) is 0 Å². The number of carbonyl (C=O) groups is 1. The molecule has 4 unspecified atom stereocenters. The van der Waals surface area contributed by atoms with E-state index in [4.69, 9.17) is 5.73 Å². The SMILES string of the molecule is CC1(C(=O)N2CC3CCC(N)C3C2)CCCc2ccccc21. The predicted molar refractivity (Wildman–Crippen MR) is 87.5 cm³/mol. The van der Waals surface area contributed by atoms with Crippen molar-refractivity contribution in [1.29, 1.82) is 0 Å². The second-order valence-corrected chi connectivity index (χ2v) is 7.72. The molecule has 2 aliphatic carbocycles. The lowest BCUT2D eigenvalue weighted by Crippen LogP contribution is -2.46. The number of fused-ring (bicyclic) bond motifs is 2. The topological polar surface area (TPSA) is 46.3 Å². The number of amides is 1. The van der Waals surface area contributed by atoms with Crippen molar-refractivity contribution < 1.29 is 4.79 Å². The van der Waals surface area contributed by atoms with Crippen LogP contribution in [0.4, 0.5) is 0 Å². The van der Waals surface area contributed by atoms with Crippen LogP contribution in [0.15, 0.2) is 24.3 Å². The van der Waals surface area contributed by atoms with Crippen LogP contribution in [0.3, 0.4) is 0 Å². The molecular formula is C19H26N2O. The maximum atomic E-state index is 13.3. The Balaban J connectivity index is 1.61. The molecule has 1 aliphatic heterocycles. The van der Waals surface area contributed by atoms with Crippen LogP contribution in [0, 0.1) is 11.8 Å². The third kappa shape index (κ3) is 2.02. The van der Waals surface area contributed by atoms with E-state index < -0.39 is 0 Å². The molecule has 0 aromatic heterocycles. The summed E-state index contributed by atoms with van der Waals surface area (Å²) >= 11 is 0. The number of aryl methyl sites for hydroxylation is 1. The first-order chi connectivity index (χ1) is 10.6. The van der Waals surface area contributed by atoms with Gasteiger partial charge in [-0.1, -0.05) is 24.3 Å². The van der Waals surface area contributed by atoms with Crippen molar-refractivity contribution in [1.82, 2.24) is 4.90 Å². The van der Waals surface area contributed by atoms with E-state index in [1.807, 2.05) is 0 Å². The Morgan fingerprint density at radius 2 is 2.09 bits per heavy atom. The summed E-state index contributed by atoms with van der Waals surface area (Å²) in [5.41, 5.74) is 8.52. The normalized spacial score (nSPS) is 37.0. The Hall–Kier alpha value is -1.35. The highest BCUT2D eigenvalue weighted by molar-refractivity contribution is 5.89. The van der Waals surface area contributed by atoms with Crippen molar-refractivity contribution in [3.63, 3.8) is 0 Å². The number of hydrogen-bond donors (Lipinski definition) is 1. The number of rotatable bonds is 1. The molecule has 1 aromatic rings. The molecule has 2 N–H and O–H groups in total. The molecule has 4 atom stereocenters. The monoisotopic (exact) mass is 298 g/mol. The van der Waals surface area contributed by atoms with Gasteiger partial charge in [-0.05, 0) is 62.0 Å². The van der Waals surface area contributed by atoms with Crippen molar-refractivity contribution in [3.8, 4) is 0 Å². The molecule has 0 bridgehead atoms. The zero-order valence-electron chi connectivity index (χ0n) is 13.4. The van der Waals surface area contributed by atoms with Crippen LogP contribution < -0.4 is 5.73 Å². The molecule has 1 amide bonds. The van der Waals surface area contributed by atoms with Gasteiger partial charge in [0.2, 0.25) is 5.91 Å². The summed E-state index contributed by atoms with van der Waals surface area (Å²) in [4.78, 5) is 15.4. The molecule has 1 heterocycles.